The smallest absolute Gasteiger partial charge is 0.262 e. The number of sulfonamides is 1. The Balaban J connectivity index is 2.59. The lowest BCUT2D eigenvalue weighted by atomic mass is 10.1. The molecule has 5 nitrogen and oxygen atoms in total. The van der Waals surface area contributed by atoms with Crippen LogP contribution in [0.3, 0.4) is 0 Å². The molecule has 3 N–H and O–H groups in total. The van der Waals surface area contributed by atoms with Gasteiger partial charge in [-0.05, 0) is 50.5 Å². The average Bonchev–Trinajstić information content (AvgIpc) is 2.38. The summed E-state index contributed by atoms with van der Waals surface area (Å²) in [5, 5.41) is 0. The summed E-state index contributed by atoms with van der Waals surface area (Å²) < 4.78 is 28.2. The number of nitrogens with two attached hydrogens (primary N) is 1. The van der Waals surface area contributed by atoms with Gasteiger partial charge in [-0.1, -0.05) is 29.8 Å². The average molecular weight is 332 g/mol. The number of aryl methyl sites for hydroxylation is 4. The van der Waals surface area contributed by atoms with E-state index in [1.54, 1.807) is 32.9 Å². The Bertz CT molecular complexity index is 864. The Labute approximate surface area is 136 Å². The molecule has 0 atom stereocenters. The Morgan fingerprint density at radius 3 is 2.09 bits per heavy atom. The molecule has 0 fully saturated rings. The van der Waals surface area contributed by atoms with E-state index in [0.717, 1.165) is 5.56 Å². The Morgan fingerprint density at radius 1 is 1.00 bits per heavy atom. The van der Waals surface area contributed by atoms with Crippen LogP contribution in [0.25, 0.3) is 0 Å². The highest BCUT2D eigenvalue weighted by atomic mass is 32.2. The van der Waals surface area contributed by atoms with Crippen LogP contribution < -0.4 is 10.5 Å². The molecule has 2 rings (SSSR count). The van der Waals surface area contributed by atoms with Crippen LogP contribution in [0.4, 0.5) is 5.69 Å². The molecule has 6 heteroatoms. The Morgan fingerprint density at radius 2 is 1.57 bits per heavy atom. The number of amides is 1. The number of nitrogens with one attached hydrogen (secondary N) is 1. The van der Waals surface area contributed by atoms with Crippen LogP contribution in [0.2, 0.25) is 0 Å². The number of hydrogen-bond donors (Lipinski definition) is 2. The van der Waals surface area contributed by atoms with E-state index in [1.807, 2.05) is 19.1 Å². The van der Waals surface area contributed by atoms with Crippen LogP contribution in [-0.2, 0) is 10.0 Å². The van der Waals surface area contributed by atoms with Crippen molar-refractivity contribution < 1.29 is 13.2 Å². The highest BCUT2D eigenvalue weighted by molar-refractivity contribution is 7.92. The molecule has 0 saturated carbocycles. The zero-order chi connectivity index (χ0) is 17.4. The van der Waals surface area contributed by atoms with Gasteiger partial charge in [-0.15, -0.1) is 0 Å². The van der Waals surface area contributed by atoms with Gasteiger partial charge in [0.15, 0.2) is 0 Å². The van der Waals surface area contributed by atoms with E-state index in [4.69, 9.17) is 5.73 Å². The second kappa shape index (κ2) is 6.04. The van der Waals surface area contributed by atoms with E-state index in [-0.39, 0.29) is 16.1 Å². The minimum Gasteiger partial charge on any atom is -0.366 e. The molecule has 0 heterocycles. The van der Waals surface area contributed by atoms with Crippen molar-refractivity contribution in [3.05, 3.63) is 58.1 Å². The lowest BCUT2D eigenvalue weighted by Gasteiger charge is -2.17. The number of hydrogen-bond acceptors (Lipinski definition) is 3. The number of anilines is 1. The fraction of sp³-hybridized carbons (Fsp3) is 0.235. The van der Waals surface area contributed by atoms with Gasteiger partial charge in [-0.3, -0.25) is 9.52 Å². The van der Waals surface area contributed by atoms with Crippen LogP contribution >= 0.6 is 0 Å². The van der Waals surface area contributed by atoms with Crippen LogP contribution in [0.15, 0.2) is 35.2 Å². The molecule has 23 heavy (non-hydrogen) atoms. The number of carbonyl (C=O) groups excluding carboxylic acids is 1. The van der Waals surface area contributed by atoms with Crippen LogP contribution in [0.5, 0.6) is 0 Å². The molecule has 0 aliphatic carbocycles. The number of para-hydroxylation sites is 1. The lowest BCUT2D eigenvalue weighted by molar-refractivity contribution is 0.100. The van der Waals surface area contributed by atoms with Crippen molar-refractivity contribution in [3.8, 4) is 0 Å². The van der Waals surface area contributed by atoms with E-state index in [9.17, 15) is 13.2 Å². The summed E-state index contributed by atoms with van der Waals surface area (Å²) in [5.74, 6) is -0.677. The summed E-state index contributed by atoms with van der Waals surface area (Å²) in [6, 6.07) is 8.51. The molecule has 0 radical (unpaired) electrons. The van der Waals surface area contributed by atoms with E-state index >= 15 is 0 Å². The maximum absolute atomic E-state index is 12.8. The van der Waals surface area contributed by atoms with E-state index in [2.05, 4.69) is 4.72 Å². The van der Waals surface area contributed by atoms with Gasteiger partial charge in [0.2, 0.25) is 0 Å². The maximum Gasteiger partial charge on any atom is 0.262 e. The normalized spacial score (nSPS) is 11.3. The highest BCUT2D eigenvalue weighted by Crippen LogP contribution is 2.27. The topological polar surface area (TPSA) is 89.3 Å². The van der Waals surface area contributed by atoms with Crippen molar-refractivity contribution in [2.24, 2.45) is 5.73 Å². The minimum absolute atomic E-state index is 0.149. The van der Waals surface area contributed by atoms with Crippen molar-refractivity contribution in [3.63, 3.8) is 0 Å². The first-order valence-electron chi connectivity index (χ1n) is 7.13. The molecule has 2 aromatic rings. The molecule has 2 aromatic carbocycles. The molecular weight excluding hydrogens is 312 g/mol. The van der Waals surface area contributed by atoms with Gasteiger partial charge >= 0.3 is 0 Å². The highest BCUT2D eigenvalue weighted by Gasteiger charge is 2.23. The summed E-state index contributed by atoms with van der Waals surface area (Å²) in [7, 11) is -3.83. The molecule has 0 aromatic heterocycles. The van der Waals surface area contributed by atoms with Crippen molar-refractivity contribution in [1.82, 2.24) is 0 Å². The third-order valence-electron chi connectivity index (χ3n) is 3.65. The van der Waals surface area contributed by atoms with E-state index in [1.165, 1.54) is 6.07 Å². The predicted octanol–water partition coefficient (Wildman–Crippen LogP) is 2.82. The molecule has 122 valence electrons. The Kier molecular flexibility index (Phi) is 4.47. The first kappa shape index (κ1) is 17.0. The molecule has 0 spiro atoms. The second-order valence-electron chi connectivity index (χ2n) is 5.70. The lowest BCUT2D eigenvalue weighted by Crippen LogP contribution is -2.21. The zero-order valence-electron chi connectivity index (χ0n) is 13.6. The molecule has 0 aliphatic heterocycles. The van der Waals surface area contributed by atoms with Gasteiger partial charge in [-0.2, -0.15) is 0 Å². The van der Waals surface area contributed by atoms with E-state index in [0.29, 0.717) is 16.7 Å². The molecular formula is C17H20N2O3S. The van der Waals surface area contributed by atoms with Gasteiger partial charge in [0, 0.05) is 0 Å². The molecule has 0 aliphatic rings. The second-order valence-corrected chi connectivity index (χ2v) is 7.31. The third-order valence-corrected chi connectivity index (χ3v) is 5.30. The number of carbonyl (C=O) groups is 1. The minimum atomic E-state index is -3.83. The van der Waals surface area contributed by atoms with Crippen LogP contribution in [-0.4, -0.2) is 14.3 Å². The predicted molar refractivity (Wildman–Crippen MR) is 91.2 cm³/mol. The van der Waals surface area contributed by atoms with Crippen molar-refractivity contribution in [2.75, 3.05) is 4.72 Å². The summed E-state index contributed by atoms with van der Waals surface area (Å²) in [5.41, 5.74) is 8.66. The van der Waals surface area contributed by atoms with Crippen molar-refractivity contribution in [2.45, 2.75) is 32.6 Å². The summed E-state index contributed by atoms with van der Waals surface area (Å²) in [4.78, 5) is 11.8. The summed E-state index contributed by atoms with van der Waals surface area (Å²) in [6.07, 6.45) is 0. The van der Waals surface area contributed by atoms with Crippen molar-refractivity contribution >= 4 is 21.6 Å². The fourth-order valence-electron chi connectivity index (χ4n) is 2.78. The van der Waals surface area contributed by atoms with Gasteiger partial charge in [0.1, 0.15) is 0 Å². The number of primary amides is 1. The molecule has 1 amide bonds. The molecule has 0 bridgehead atoms. The largest absolute Gasteiger partial charge is 0.366 e. The quantitative estimate of drug-likeness (QED) is 0.902. The van der Waals surface area contributed by atoms with Gasteiger partial charge in [0.25, 0.3) is 15.9 Å². The van der Waals surface area contributed by atoms with Gasteiger partial charge in [-0.25, -0.2) is 8.42 Å². The number of benzene rings is 2. The molecule has 0 saturated heterocycles. The standard InChI is InChI=1S/C17H20N2O3S/c1-10-8-12(3)16(13(4)9-10)23(21,22)19-15-11(2)6-5-7-14(15)17(18)20/h5-9,19H,1-4H3,(H2,18,20). The zero-order valence-corrected chi connectivity index (χ0v) is 14.4. The Hall–Kier alpha value is -2.34. The first-order chi connectivity index (χ1) is 10.6. The van der Waals surface area contributed by atoms with Crippen LogP contribution in [0, 0.1) is 27.7 Å². The van der Waals surface area contributed by atoms with E-state index < -0.39 is 15.9 Å². The monoisotopic (exact) mass is 332 g/mol. The molecule has 0 unspecified atom stereocenters. The summed E-state index contributed by atoms with van der Waals surface area (Å²) in [6.45, 7) is 7.14. The summed E-state index contributed by atoms with van der Waals surface area (Å²) >= 11 is 0. The van der Waals surface area contributed by atoms with Gasteiger partial charge in [0.05, 0.1) is 16.1 Å². The van der Waals surface area contributed by atoms with Crippen LogP contribution in [0.1, 0.15) is 32.6 Å². The first-order valence-corrected chi connectivity index (χ1v) is 8.62. The number of rotatable bonds is 4. The third kappa shape index (κ3) is 3.37. The van der Waals surface area contributed by atoms with Crippen molar-refractivity contribution in [1.29, 1.82) is 0 Å². The SMILES string of the molecule is Cc1cc(C)c(S(=O)(=O)Nc2c(C)cccc2C(N)=O)c(C)c1. The van der Waals surface area contributed by atoms with Gasteiger partial charge < -0.3 is 5.73 Å². The maximum atomic E-state index is 12.8. The fourth-order valence-corrected chi connectivity index (χ4v) is 4.39.